The van der Waals surface area contributed by atoms with E-state index in [0.29, 0.717) is 13.2 Å². The van der Waals surface area contributed by atoms with Crippen LogP contribution in [-0.4, -0.2) is 33.9 Å². The number of halogens is 1. The number of anilines is 1. The minimum Gasteiger partial charge on any atom is -0.379 e. The summed E-state index contributed by atoms with van der Waals surface area (Å²) in [6.07, 6.45) is 2.62. The SMILES string of the molecule is CNCc1c(F)cccc1N(C)CCOCC1CC1. The van der Waals surface area contributed by atoms with Crippen LogP contribution >= 0.6 is 0 Å². The molecule has 0 heterocycles. The first-order valence-corrected chi connectivity index (χ1v) is 6.93. The lowest BCUT2D eigenvalue weighted by Crippen LogP contribution is -2.25. The maximum Gasteiger partial charge on any atom is 0.129 e. The molecule has 1 N–H and O–H groups in total. The highest BCUT2D eigenvalue weighted by molar-refractivity contribution is 5.53. The van der Waals surface area contributed by atoms with Crippen molar-refractivity contribution in [1.82, 2.24) is 5.32 Å². The van der Waals surface area contributed by atoms with E-state index in [0.717, 1.165) is 30.3 Å². The Bertz CT molecular complexity index is 407. The molecule has 1 aliphatic carbocycles. The smallest absolute Gasteiger partial charge is 0.129 e. The van der Waals surface area contributed by atoms with Crippen LogP contribution in [0.1, 0.15) is 18.4 Å². The minimum absolute atomic E-state index is 0.155. The molecule has 1 saturated carbocycles. The van der Waals surface area contributed by atoms with Crippen molar-refractivity contribution in [2.24, 2.45) is 5.92 Å². The molecule has 0 saturated heterocycles. The second kappa shape index (κ2) is 6.87. The molecule has 0 unspecified atom stereocenters. The Kier molecular flexibility index (Phi) is 5.16. The normalized spacial score (nSPS) is 14.7. The molecule has 0 aromatic heterocycles. The molecule has 0 aliphatic heterocycles. The van der Waals surface area contributed by atoms with Crippen LogP contribution in [0.4, 0.5) is 10.1 Å². The third-order valence-corrected chi connectivity index (χ3v) is 3.48. The Morgan fingerprint density at radius 2 is 2.21 bits per heavy atom. The van der Waals surface area contributed by atoms with Gasteiger partial charge in [-0.3, -0.25) is 0 Å². The predicted octanol–water partition coefficient (Wildman–Crippen LogP) is 2.41. The number of rotatable bonds is 8. The Labute approximate surface area is 114 Å². The number of likely N-dealkylation sites (N-methyl/N-ethyl adjacent to an activating group) is 1. The standard InChI is InChI=1S/C15H23FN2O/c1-17-10-13-14(16)4-3-5-15(13)18(2)8-9-19-11-12-6-7-12/h3-5,12,17H,6-11H2,1-2H3. The molecule has 19 heavy (non-hydrogen) atoms. The van der Waals surface area contributed by atoms with E-state index in [1.54, 1.807) is 6.07 Å². The van der Waals surface area contributed by atoms with Crippen molar-refractivity contribution >= 4 is 5.69 Å². The average molecular weight is 266 g/mol. The first-order valence-electron chi connectivity index (χ1n) is 6.93. The maximum absolute atomic E-state index is 13.8. The number of nitrogens with zero attached hydrogens (tertiary/aromatic N) is 1. The van der Waals surface area contributed by atoms with Crippen LogP contribution < -0.4 is 10.2 Å². The lowest BCUT2D eigenvalue weighted by atomic mass is 10.1. The van der Waals surface area contributed by atoms with E-state index in [-0.39, 0.29) is 5.82 Å². The Hall–Kier alpha value is -1.13. The number of benzene rings is 1. The molecule has 2 rings (SSSR count). The van der Waals surface area contributed by atoms with Crippen molar-refractivity contribution in [3.63, 3.8) is 0 Å². The van der Waals surface area contributed by atoms with Crippen LogP contribution in [-0.2, 0) is 11.3 Å². The Balaban J connectivity index is 1.88. The summed E-state index contributed by atoms with van der Waals surface area (Å²) in [4.78, 5) is 2.06. The quantitative estimate of drug-likeness (QED) is 0.731. The first-order chi connectivity index (χ1) is 9.22. The van der Waals surface area contributed by atoms with E-state index in [4.69, 9.17) is 4.74 Å². The summed E-state index contributed by atoms with van der Waals surface area (Å²) >= 11 is 0. The van der Waals surface area contributed by atoms with E-state index in [2.05, 4.69) is 10.2 Å². The zero-order chi connectivity index (χ0) is 13.7. The fourth-order valence-corrected chi connectivity index (χ4v) is 2.11. The first kappa shape index (κ1) is 14.3. The lowest BCUT2D eigenvalue weighted by molar-refractivity contribution is 0.131. The van der Waals surface area contributed by atoms with Gasteiger partial charge in [0.1, 0.15) is 5.82 Å². The van der Waals surface area contributed by atoms with E-state index >= 15 is 0 Å². The van der Waals surface area contributed by atoms with Crippen LogP contribution in [0.5, 0.6) is 0 Å². The van der Waals surface area contributed by atoms with Crippen LogP contribution in [0.15, 0.2) is 18.2 Å². The second-order valence-electron chi connectivity index (χ2n) is 5.21. The summed E-state index contributed by atoms with van der Waals surface area (Å²) in [6.45, 7) is 2.89. The van der Waals surface area contributed by atoms with Crippen LogP contribution in [0.2, 0.25) is 0 Å². The second-order valence-corrected chi connectivity index (χ2v) is 5.21. The molecule has 0 amide bonds. The number of hydrogen-bond donors (Lipinski definition) is 1. The maximum atomic E-state index is 13.8. The van der Waals surface area contributed by atoms with Gasteiger partial charge in [0, 0.05) is 38.0 Å². The van der Waals surface area contributed by atoms with Gasteiger partial charge in [0.25, 0.3) is 0 Å². The topological polar surface area (TPSA) is 24.5 Å². The van der Waals surface area contributed by atoms with Crippen LogP contribution in [0, 0.1) is 11.7 Å². The molecule has 1 fully saturated rings. The zero-order valence-electron chi connectivity index (χ0n) is 11.8. The fourth-order valence-electron chi connectivity index (χ4n) is 2.11. The van der Waals surface area contributed by atoms with Crippen LogP contribution in [0.25, 0.3) is 0 Å². The molecule has 106 valence electrons. The van der Waals surface area contributed by atoms with Crippen molar-refractivity contribution in [1.29, 1.82) is 0 Å². The number of ether oxygens (including phenoxy) is 1. The molecule has 0 spiro atoms. The van der Waals surface area contributed by atoms with Gasteiger partial charge in [0.2, 0.25) is 0 Å². The van der Waals surface area contributed by atoms with E-state index in [1.807, 2.05) is 20.2 Å². The highest BCUT2D eigenvalue weighted by Crippen LogP contribution is 2.28. The largest absolute Gasteiger partial charge is 0.379 e. The van der Waals surface area contributed by atoms with Crippen molar-refractivity contribution in [2.75, 3.05) is 38.8 Å². The Morgan fingerprint density at radius 3 is 2.89 bits per heavy atom. The van der Waals surface area contributed by atoms with E-state index in [9.17, 15) is 4.39 Å². The van der Waals surface area contributed by atoms with Gasteiger partial charge in [0.05, 0.1) is 6.61 Å². The molecule has 0 bridgehead atoms. The molecular weight excluding hydrogens is 243 g/mol. The van der Waals surface area contributed by atoms with Gasteiger partial charge in [-0.15, -0.1) is 0 Å². The van der Waals surface area contributed by atoms with Gasteiger partial charge in [-0.25, -0.2) is 4.39 Å². The average Bonchev–Trinajstić information content (AvgIpc) is 3.21. The molecule has 1 aromatic carbocycles. The minimum atomic E-state index is -0.155. The molecule has 3 nitrogen and oxygen atoms in total. The van der Waals surface area contributed by atoms with E-state index in [1.165, 1.54) is 18.9 Å². The van der Waals surface area contributed by atoms with Gasteiger partial charge >= 0.3 is 0 Å². The molecule has 1 aromatic rings. The van der Waals surface area contributed by atoms with Crippen molar-refractivity contribution in [3.8, 4) is 0 Å². The third kappa shape index (κ3) is 4.18. The summed E-state index contributed by atoms with van der Waals surface area (Å²) in [6, 6.07) is 5.22. The predicted molar refractivity (Wildman–Crippen MR) is 76.0 cm³/mol. The summed E-state index contributed by atoms with van der Waals surface area (Å²) in [5, 5.41) is 3.01. The zero-order valence-corrected chi connectivity index (χ0v) is 11.8. The van der Waals surface area contributed by atoms with Crippen molar-refractivity contribution < 1.29 is 9.13 Å². The molecule has 4 heteroatoms. The van der Waals surface area contributed by atoms with Crippen molar-refractivity contribution in [2.45, 2.75) is 19.4 Å². The molecule has 1 aliphatic rings. The van der Waals surface area contributed by atoms with Crippen molar-refractivity contribution in [3.05, 3.63) is 29.6 Å². The summed E-state index contributed by atoms with van der Waals surface area (Å²) in [5.74, 6) is 0.636. The van der Waals surface area contributed by atoms with Crippen LogP contribution in [0.3, 0.4) is 0 Å². The number of hydrogen-bond acceptors (Lipinski definition) is 3. The fraction of sp³-hybridized carbons (Fsp3) is 0.600. The summed E-state index contributed by atoms with van der Waals surface area (Å²) < 4.78 is 19.4. The number of nitrogens with one attached hydrogen (secondary N) is 1. The van der Waals surface area contributed by atoms with Gasteiger partial charge in [-0.1, -0.05) is 6.07 Å². The third-order valence-electron chi connectivity index (χ3n) is 3.48. The van der Waals surface area contributed by atoms with Gasteiger partial charge in [-0.2, -0.15) is 0 Å². The highest BCUT2D eigenvalue weighted by Gasteiger charge is 2.21. The molecule has 0 radical (unpaired) electrons. The molecule has 0 atom stereocenters. The van der Waals surface area contributed by atoms with Gasteiger partial charge in [-0.05, 0) is 37.9 Å². The summed E-state index contributed by atoms with van der Waals surface area (Å²) in [5.41, 5.74) is 1.65. The lowest BCUT2D eigenvalue weighted by Gasteiger charge is -2.22. The van der Waals surface area contributed by atoms with E-state index < -0.39 is 0 Å². The highest BCUT2D eigenvalue weighted by atomic mass is 19.1. The Morgan fingerprint density at radius 1 is 1.42 bits per heavy atom. The van der Waals surface area contributed by atoms with Gasteiger partial charge in [0.15, 0.2) is 0 Å². The summed E-state index contributed by atoms with van der Waals surface area (Å²) in [7, 11) is 3.81. The molecular formula is C15H23FN2O. The van der Waals surface area contributed by atoms with Gasteiger partial charge < -0.3 is 15.0 Å². The monoisotopic (exact) mass is 266 g/mol.